The molecule has 1 N–H and O–H groups in total. The van der Waals surface area contributed by atoms with E-state index in [1.54, 1.807) is 24.3 Å². The Morgan fingerprint density at radius 1 is 1.18 bits per heavy atom. The van der Waals surface area contributed by atoms with Gasteiger partial charge in [0.15, 0.2) is 6.61 Å². The third-order valence-electron chi connectivity index (χ3n) is 2.96. The molecule has 6 nitrogen and oxygen atoms in total. The molecule has 118 valence electrons. The predicted molar refractivity (Wildman–Crippen MR) is 80.1 cm³/mol. The van der Waals surface area contributed by atoms with Crippen molar-refractivity contribution in [3.8, 4) is 11.8 Å². The van der Waals surface area contributed by atoms with Gasteiger partial charge in [-0.2, -0.15) is 5.26 Å². The van der Waals surface area contributed by atoms with Gasteiger partial charge in [0.05, 0.1) is 18.7 Å². The molecule has 0 aliphatic heterocycles. The average molecular weight is 304 g/mol. The molecule has 0 radical (unpaired) electrons. The number of hydrogen-bond acceptors (Lipinski definition) is 5. The number of carbonyl (C=O) groups is 2. The molecule has 0 spiro atoms. The van der Waals surface area contributed by atoms with E-state index in [2.05, 4.69) is 10.1 Å². The highest BCUT2D eigenvalue weighted by Gasteiger charge is 2.03. The summed E-state index contributed by atoms with van der Waals surface area (Å²) < 4.78 is 9.85. The number of nitriles is 1. The van der Waals surface area contributed by atoms with Crippen molar-refractivity contribution in [2.45, 2.75) is 25.7 Å². The number of hydrogen-bond donors (Lipinski definition) is 1. The van der Waals surface area contributed by atoms with E-state index in [0.29, 0.717) is 24.3 Å². The van der Waals surface area contributed by atoms with Gasteiger partial charge in [-0.25, -0.2) is 0 Å². The summed E-state index contributed by atoms with van der Waals surface area (Å²) in [6.45, 7) is 0.491. The van der Waals surface area contributed by atoms with Crippen LogP contribution in [0, 0.1) is 11.3 Å². The molecule has 0 aromatic heterocycles. The van der Waals surface area contributed by atoms with Crippen molar-refractivity contribution in [3.05, 3.63) is 29.8 Å². The van der Waals surface area contributed by atoms with E-state index < -0.39 is 0 Å². The van der Waals surface area contributed by atoms with Gasteiger partial charge in [0.2, 0.25) is 0 Å². The first-order chi connectivity index (χ1) is 10.7. The van der Waals surface area contributed by atoms with Crippen LogP contribution in [0.2, 0.25) is 0 Å². The first kappa shape index (κ1) is 17.5. The zero-order valence-electron chi connectivity index (χ0n) is 12.6. The highest BCUT2D eigenvalue weighted by Crippen LogP contribution is 2.11. The van der Waals surface area contributed by atoms with Gasteiger partial charge >= 0.3 is 5.97 Å². The SMILES string of the molecule is COC(=O)CCCCCNC(=O)COc1ccc(C#N)cc1. The average Bonchev–Trinajstić information content (AvgIpc) is 2.56. The van der Waals surface area contributed by atoms with Crippen LogP contribution in [0.4, 0.5) is 0 Å². The number of amides is 1. The molecule has 1 aromatic rings. The summed E-state index contributed by atoms with van der Waals surface area (Å²) in [5.74, 6) is 0.143. The molecule has 0 unspecified atom stereocenters. The first-order valence-corrected chi connectivity index (χ1v) is 7.12. The molecular weight excluding hydrogens is 284 g/mol. The summed E-state index contributed by atoms with van der Waals surface area (Å²) in [6, 6.07) is 8.58. The molecule has 0 fully saturated rings. The predicted octanol–water partition coefficient (Wildman–Crippen LogP) is 1.79. The minimum absolute atomic E-state index is 0.0614. The lowest BCUT2D eigenvalue weighted by atomic mass is 10.2. The van der Waals surface area contributed by atoms with Crippen molar-refractivity contribution in [1.82, 2.24) is 5.32 Å². The zero-order chi connectivity index (χ0) is 16.2. The fraction of sp³-hybridized carbons (Fsp3) is 0.438. The van der Waals surface area contributed by atoms with Crippen LogP contribution < -0.4 is 10.1 Å². The lowest BCUT2D eigenvalue weighted by molar-refractivity contribution is -0.140. The van der Waals surface area contributed by atoms with Crippen LogP contribution in [-0.2, 0) is 14.3 Å². The van der Waals surface area contributed by atoms with Crippen LogP contribution >= 0.6 is 0 Å². The maximum atomic E-state index is 11.6. The number of methoxy groups -OCH3 is 1. The molecule has 0 saturated carbocycles. The van der Waals surface area contributed by atoms with Crippen LogP contribution in [-0.4, -0.2) is 32.1 Å². The summed E-state index contributed by atoms with van der Waals surface area (Å²) in [4.78, 5) is 22.5. The van der Waals surface area contributed by atoms with E-state index in [1.807, 2.05) is 6.07 Å². The Morgan fingerprint density at radius 3 is 2.55 bits per heavy atom. The molecule has 6 heteroatoms. The molecular formula is C16H20N2O4. The van der Waals surface area contributed by atoms with E-state index in [0.717, 1.165) is 19.3 Å². The second kappa shape index (κ2) is 10.2. The maximum Gasteiger partial charge on any atom is 0.305 e. The fourth-order valence-corrected chi connectivity index (χ4v) is 1.73. The van der Waals surface area contributed by atoms with Crippen molar-refractivity contribution in [3.63, 3.8) is 0 Å². The summed E-state index contributed by atoms with van der Waals surface area (Å²) in [5, 5.41) is 11.4. The Bertz CT molecular complexity index is 520. The van der Waals surface area contributed by atoms with Crippen LogP contribution in [0.1, 0.15) is 31.2 Å². The number of ether oxygens (including phenoxy) is 2. The molecule has 0 atom stereocenters. The topological polar surface area (TPSA) is 88.4 Å². The van der Waals surface area contributed by atoms with Gasteiger partial charge in [0.25, 0.3) is 5.91 Å². The largest absolute Gasteiger partial charge is 0.484 e. The minimum Gasteiger partial charge on any atom is -0.484 e. The molecule has 1 rings (SSSR count). The van der Waals surface area contributed by atoms with Gasteiger partial charge in [-0.15, -0.1) is 0 Å². The Hall–Kier alpha value is -2.55. The van der Waals surface area contributed by atoms with Gasteiger partial charge in [-0.3, -0.25) is 9.59 Å². The Kier molecular flexibility index (Phi) is 8.13. The van der Waals surface area contributed by atoms with Gasteiger partial charge in [0.1, 0.15) is 5.75 Å². The number of esters is 1. The lowest BCUT2D eigenvalue weighted by Crippen LogP contribution is -2.29. The maximum absolute atomic E-state index is 11.6. The van der Waals surface area contributed by atoms with Gasteiger partial charge in [-0.1, -0.05) is 6.42 Å². The molecule has 0 saturated heterocycles. The second-order valence-electron chi connectivity index (χ2n) is 4.66. The number of rotatable bonds is 9. The summed E-state index contributed by atoms with van der Waals surface area (Å²) in [6.07, 6.45) is 2.82. The van der Waals surface area contributed by atoms with Crippen molar-refractivity contribution in [2.24, 2.45) is 0 Å². The lowest BCUT2D eigenvalue weighted by Gasteiger charge is -2.07. The van der Waals surface area contributed by atoms with Gasteiger partial charge in [0, 0.05) is 13.0 Å². The molecule has 1 aromatic carbocycles. The molecule has 22 heavy (non-hydrogen) atoms. The van der Waals surface area contributed by atoms with Crippen LogP contribution in [0.5, 0.6) is 5.75 Å². The standard InChI is InChI=1S/C16H20N2O4/c1-21-16(20)5-3-2-4-10-18-15(19)12-22-14-8-6-13(11-17)7-9-14/h6-9H,2-5,10,12H2,1H3,(H,18,19). The molecule has 0 heterocycles. The Balaban J connectivity index is 2.08. The number of nitrogens with one attached hydrogen (secondary N) is 1. The van der Waals surface area contributed by atoms with Crippen LogP contribution in [0.15, 0.2) is 24.3 Å². The highest BCUT2D eigenvalue weighted by atomic mass is 16.5. The Morgan fingerprint density at radius 2 is 1.91 bits per heavy atom. The number of benzene rings is 1. The monoisotopic (exact) mass is 304 g/mol. The van der Waals surface area contributed by atoms with Gasteiger partial charge in [-0.05, 0) is 37.1 Å². The Labute approximate surface area is 130 Å². The first-order valence-electron chi connectivity index (χ1n) is 7.12. The van der Waals surface area contributed by atoms with Crippen molar-refractivity contribution < 1.29 is 19.1 Å². The molecule has 0 aliphatic carbocycles. The van der Waals surface area contributed by atoms with Gasteiger partial charge < -0.3 is 14.8 Å². The van der Waals surface area contributed by atoms with Crippen LogP contribution in [0.3, 0.4) is 0 Å². The number of unbranched alkanes of at least 4 members (excludes halogenated alkanes) is 2. The highest BCUT2D eigenvalue weighted by molar-refractivity contribution is 5.77. The smallest absolute Gasteiger partial charge is 0.305 e. The normalized spacial score (nSPS) is 9.64. The van der Waals surface area contributed by atoms with E-state index in [-0.39, 0.29) is 18.5 Å². The van der Waals surface area contributed by atoms with Crippen LogP contribution in [0.25, 0.3) is 0 Å². The molecule has 0 aliphatic rings. The van der Waals surface area contributed by atoms with Crippen molar-refractivity contribution in [2.75, 3.05) is 20.3 Å². The van der Waals surface area contributed by atoms with Crippen molar-refractivity contribution in [1.29, 1.82) is 5.26 Å². The quantitative estimate of drug-likeness (QED) is 0.555. The van der Waals surface area contributed by atoms with E-state index in [9.17, 15) is 9.59 Å². The summed E-state index contributed by atoms with van der Waals surface area (Å²) >= 11 is 0. The van der Waals surface area contributed by atoms with E-state index in [4.69, 9.17) is 10.00 Å². The molecule has 1 amide bonds. The third-order valence-corrected chi connectivity index (χ3v) is 2.96. The van der Waals surface area contributed by atoms with E-state index in [1.165, 1.54) is 7.11 Å². The van der Waals surface area contributed by atoms with E-state index >= 15 is 0 Å². The second-order valence-corrected chi connectivity index (χ2v) is 4.66. The van der Waals surface area contributed by atoms with Crippen molar-refractivity contribution >= 4 is 11.9 Å². The minimum atomic E-state index is -0.208. The third kappa shape index (κ3) is 7.29. The fourth-order valence-electron chi connectivity index (χ4n) is 1.73. The molecule has 0 bridgehead atoms. The number of carbonyl (C=O) groups excluding carboxylic acids is 2. The summed E-state index contributed by atoms with van der Waals surface area (Å²) in [7, 11) is 1.37. The zero-order valence-corrected chi connectivity index (χ0v) is 12.6. The summed E-state index contributed by atoms with van der Waals surface area (Å²) in [5.41, 5.74) is 0.545. The number of nitrogens with zero attached hydrogens (tertiary/aromatic N) is 1.